The molecule has 13 nitrogen and oxygen atoms in total. The third kappa shape index (κ3) is 7.00. The minimum atomic E-state index is -1.62. The van der Waals surface area contributed by atoms with Gasteiger partial charge in [0.2, 0.25) is 17.7 Å². The van der Waals surface area contributed by atoms with Crippen molar-refractivity contribution in [3.8, 4) is 0 Å². The first-order valence-corrected chi connectivity index (χ1v) is 10.6. The molecule has 7 N–H and O–H groups in total. The van der Waals surface area contributed by atoms with E-state index < -0.39 is 60.2 Å². The molecule has 0 aliphatic carbocycles. The number of carboxylic acids is 2. The van der Waals surface area contributed by atoms with Crippen LogP contribution < -0.4 is 16.4 Å². The quantitative estimate of drug-likeness (QED) is 0.223. The van der Waals surface area contributed by atoms with Gasteiger partial charge in [-0.2, -0.15) is 0 Å². The molecule has 1 aromatic rings. The van der Waals surface area contributed by atoms with Gasteiger partial charge in [0.1, 0.15) is 18.1 Å². The van der Waals surface area contributed by atoms with E-state index in [9.17, 15) is 24.0 Å². The van der Waals surface area contributed by atoms with Crippen LogP contribution in [0.4, 0.5) is 0 Å². The number of carbonyl (C=O) groups is 5. The fourth-order valence-electron chi connectivity index (χ4n) is 3.62. The van der Waals surface area contributed by atoms with Crippen molar-refractivity contribution in [2.75, 3.05) is 6.54 Å². The molecule has 2 rings (SSSR count). The van der Waals surface area contributed by atoms with E-state index in [0.717, 1.165) is 0 Å². The molecule has 1 saturated heterocycles. The van der Waals surface area contributed by atoms with E-state index in [1.807, 2.05) is 0 Å². The lowest BCUT2D eigenvalue weighted by Gasteiger charge is -2.31. The Bertz CT molecular complexity index is 872. The Morgan fingerprint density at radius 3 is 2.48 bits per heavy atom. The Hall–Kier alpha value is -3.48. The monoisotopic (exact) mass is 466 g/mol. The lowest BCUT2D eigenvalue weighted by Crippen LogP contribution is -2.58. The van der Waals surface area contributed by atoms with Crippen LogP contribution in [0, 0.1) is 5.92 Å². The zero-order valence-electron chi connectivity index (χ0n) is 18.5. The lowest BCUT2D eigenvalue weighted by atomic mass is 10.0. The third-order valence-corrected chi connectivity index (χ3v) is 5.39. The molecular weight excluding hydrogens is 436 g/mol. The van der Waals surface area contributed by atoms with Crippen LogP contribution in [0.2, 0.25) is 0 Å². The molecule has 13 heteroatoms. The summed E-state index contributed by atoms with van der Waals surface area (Å²) in [5.41, 5.74) is 6.62. The zero-order chi connectivity index (χ0) is 24.7. The number of likely N-dealkylation sites (tertiary alicyclic amines) is 1. The third-order valence-electron chi connectivity index (χ3n) is 5.39. The number of aromatic amines is 1. The number of nitrogens with two attached hydrogens (primary N) is 1. The van der Waals surface area contributed by atoms with Crippen molar-refractivity contribution < 1.29 is 34.2 Å². The summed E-state index contributed by atoms with van der Waals surface area (Å²) in [6, 6.07) is -4.46. The topological polar surface area (TPSA) is 208 Å². The average molecular weight is 466 g/mol. The number of nitrogens with one attached hydrogen (secondary N) is 3. The van der Waals surface area contributed by atoms with Crippen molar-refractivity contribution in [2.24, 2.45) is 11.7 Å². The van der Waals surface area contributed by atoms with Gasteiger partial charge in [0, 0.05) is 24.9 Å². The SMILES string of the molecule is CC(C)C(NC(=O)C(N)Cc1cnc[nH]1)C(=O)N1CCCC1C(=O)NC(CC(=O)O)C(=O)O. The highest BCUT2D eigenvalue weighted by molar-refractivity contribution is 5.95. The zero-order valence-corrected chi connectivity index (χ0v) is 18.5. The highest BCUT2D eigenvalue weighted by atomic mass is 16.4. The number of amides is 3. The number of carbonyl (C=O) groups excluding carboxylic acids is 3. The van der Waals surface area contributed by atoms with E-state index >= 15 is 0 Å². The lowest BCUT2D eigenvalue weighted by molar-refractivity contribution is -0.148. The first-order valence-electron chi connectivity index (χ1n) is 10.6. The second-order valence-corrected chi connectivity index (χ2v) is 8.30. The Labute approximate surface area is 190 Å². The number of aliphatic carboxylic acids is 2. The van der Waals surface area contributed by atoms with Crippen LogP contribution in [-0.4, -0.2) is 85.5 Å². The second kappa shape index (κ2) is 11.4. The molecule has 0 spiro atoms. The molecule has 2 heterocycles. The highest BCUT2D eigenvalue weighted by Crippen LogP contribution is 2.21. The van der Waals surface area contributed by atoms with Gasteiger partial charge in [-0.25, -0.2) is 9.78 Å². The van der Waals surface area contributed by atoms with Crippen LogP contribution in [0.3, 0.4) is 0 Å². The highest BCUT2D eigenvalue weighted by Gasteiger charge is 2.40. The smallest absolute Gasteiger partial charge is 0.326 e. The van der Waals surface area contributed by atoms with Crippen molar-refractivity contribution in [3.05, 3.63) is 18.2 Å². The van der Waals surface area contributed by atoms with Gasteiger partial charge in [0.25, 0.3) is 0 Å². The predicted octanol–water partition coefficient (Wildman–Crippen LogP) is -1.54. The molecule has 1 fully saturated rings. The van der Waals surface area contributed by atoms with Crippen molar-refractivity contribution in [2.45, 2.75) is 63.7 Å². The van der Waals surface area contributed by atoms with E-state index in [1.54, 1.807) is 20.0 Å². The summed E-state index contributed by atoms with van der Waals surface area (Å²) < 4.78 is 0. The fraction of sp³-hybridized carbons (Fsp3) is 0.600. The summed E-state index contributed by atoms with van der Waals surface area (Å²) in [6.45, 7) is 3.72. The van der Waals surface area contributed by atoms with Crippen LogP contribution in [0.5, 0.6) is 0 Å². The van der Waals surface area contributed by atoms with Gasteiger partial charge in [0.15, 0.2) is 0 Å². The summed E-state index contributed by atoms with van der Waals surface area (Å²) in [5.74, 6) is -4.96. The Balaban J connectivity index is 2.07. The molecule has 3 amide bonds. The number of hydrogen-bond acceptors (Lipinski definition) is 7. The maximum atomic E-state index is 13.2. The van der Waals surface area contributed by atoms with Crippen LogP contribution in [0.1, 0.15) is 38.8 Å². The Morgan fingerprint density at radius 1 is 1.24 bits per heavy atom. The van der Waals surface area contributed by atoms with Crippen LogP contribution >= 0.6 is 0 Å². The van der Waals surface area contributed by atoms with Gasteiger partial charge >= 0.3 is 11.9 Å². The van der Waals surface area contributed by atoms with Gasteiger partial charge in [-0.15, -0.1) is 0 Å². The maximum absolute atomic E-state index is 13.2. The van der Waals surface area contributed by atoms with Crippen LogP contribution in [0.15, 0.2) is 12.5 Å². The average Bonchev–Trinajstić information content (AvgIpc) is 3.42. The van der Waals surface area contributed by atoms with E-state index in [0.29, 0.717) is 12.1 Å². The van der Waals surface area contributed by atoms with Crippen molar-refractivity contribution >= 4 is 29.7 Å². The molecule has 4 unspecified atom stereocenters. The largest absolute Gasteiger partial charge is 0.481 e. The molecule has 1 aliphatic heterocycles. The Morgan fingerprint density at radius 2 is 1.94 bits per heavy atom. The normalized spacial score (nSPS) is 18.4. The van der Waals surface area contributed by atoms with Crippen molar-refractivity contribution in [1.29, 1.82) is 0 Å². The number of nitrogens with zero attached hydrogens (tertiary/aromatic N) is 2. The first kappa shape index (κ1) is 25.8. The van der Waals surface area contributed by atoms with E-state index in [4.69, 9.17) is 15.9 Å². The minimum Gasteiger partial charge on any atom is -0.481 e. The predicted molar refractivity (Wildman–Crippen MR) is 114 cm³/mol. The number of aromatic nitrogens is 2. The molecule has 4 atom stereocenters. The summed E-state index contributed by atoms with van der Waals surface area (Å²) >= 11 is 0. The van der Waals surface area contributed by atoms with E-state index in [-0.39, 0.29) is 25.3 Å². The number of H-pyrrole nitrogens is 1. The minimum absolute atomic E-state index is 0.194. The Kier molecular flexibility index (Phi) is 8.91. The molecular formula is C20H30N6O7. The van der Waals surface area contributed by atoms with Gasteiger partial charge < -0.3 is 36.5 Å². The molecule has 182 valence electrons. The molecule has 1 aliphatic rings. The number of imidazole rings is 1. The number of carboxylic acid groups (broad SMARTS) is 2. The van der Waals surface area contributed by atoms with Crippen molar-refractivity contribution in [3.63, 3.8) is 0 Å². The summed E-state index contributed by atoms with van der Waals surface area (Å²) in [7, 11) is 0. The van der Waals surface area contributed by atoms with E-state index in [1.165, 1.54) is 11.2 Å². The number of hydrogen-bond donors (Lipinski definition) is 6. The summed E-state index contributed by atoms with van der Waals surface area (Å²) in [5, 5.41) is 22.9. The molecule has 33 heavy (non-hydrogen) atoms. The summed E-state index contributed by atoms with van der Waals surface area (Å²) in [4.78, 5) is 68.7. The van der Waals surface area contributed by atoms with Gasteiger partial charge in [-0.1, -0.05) is 13.8 Å². The number of rotatable bonds is 11. The van der Waals surface area contributed by atoms with Crippen molar-refractivity contribution in [1.82, 2.24) is 25.5 Å². The van der Waals surface area contributed by atoms with Gasteiger partial charge in [-0.05, 0) is 18.8 Å². The summed E-state index contributed by atoms with van der Waals surface area (Å²) in [6.07, 6.45) is 3.19. The van der Waals surface area contributed by atoms with Crippen LogP contribution in [0.25, 0.3) is 0 Å². The first-order chi connectivity index (χ1) is 15.5. The second-order valence-electron chi connectivity index (χ2n) is 8.30. The maximum Gasteiger partial charge on any atom is 0.326 e. The molecule has 1 aromatic heterocycles. The van der Waals surface area contributed by atoms with E-state index in [2.05, 4.69) is 20.6 Å². The van der Waals surface area contributed by atoms with Gasteiger partial charge in [-0.3, -0.25) is 19.2 Å². The van der Waals surface area contributed by atoms with Crippen LogP contribution in [-0.2, 0) is 30.4 Å². The molecule has 0 saturated carbocycles. The molecule has 0 aromatic carbocycles. The van der Waals surface area contributed by atoms with Gasteiger partial charge in [0.05, 0.1) is 18.8 Å². The fourth-order valence-corrected chi connectivity index (χ4v) is 3.62. The standard InChI is InChI=1S/C20H30N6O7/c1-10(2)16(25-17(29)12(21)6-11-8-22-9-23-11)19(31)26-5-3-4-14(26)18(30)24-13(20(32)33)7-15(27)28/h8-10,12-14,16H,3-7,21H2,1-2H3,(H,22,23)(H,24,30)(H,25,29)(H,27,28)(H,32,33). The molecule has 0 radical (unpaired) electrons. The molecule has 0 bridgehead atoms.